The summed E-state index contributed by atoms with van der Waals surface area (Å²) in [5.41, 5.74) is 17.0. The summed E-state index contributed by atoms with van der Waals surface area (Å²) in [7, 11) is 0. The minimum absolute atomic E-state index is 1.17. The zero-order chi connectivity index (χ0) is 39.6. The molecule has 60 heavy (non-hydrogen) atoms. The molecular weight excluding hydrogens is 725 g/mol. The quantitative estimate of drug-likeness (QED) is 0.160. The highest BCUT2D eigenvalue weighted by Crippen LogP contribution is 2.42. The van der Waals surface area contributed by atoms with E-state index >= 15 is 0 Å². The average Bonchev–Trinajstić information content (AvgIpc) is 3.85. The maximum Gasteiger partial charge on any atom is 0.0547 e. The molecule has 2 heteroatoms. The van der Waals surface area contributed by atoms with E-state index in [1.165, 1.54) is 110 Å². The molecule has 12 aromatic rings. The Bertz CT molecular complexity index is 3310. The molecular formula is C58H38N2. The molecule has 0 saturated heterocycles. The van der Waals surface area contributed by atoms with E-state index < -0.39 is 0 Å². The van der Waals surface area contributed by atoms with Crippen molar-refractivity contribution in [3.05, 3.63) is 231 Å². The second kappa shape index (κ2) is 13.9. The van der Waals surface area contributed by atoms with E-state index in [1.54, 1.807) is 0 Å². The third kappa shape index (κ3) is 5.35. The van der Waals surface area contributed by atoms with Gasteiger partial charge < -0.3 is 9.13 Å². The maximum absolute atomic E-state index is 2.38. The van der Waals surface area contributed by atoms with E-state index in [1.807, 2.05) is 0 Å². The van der Waals surface area contributed by atoms with Crippen LogP contribution < -0.4 is 0 Å². The lowest BCUT2D eigenvalue weighted by molar-refractivity contribution is 1.18. The Kier molecular flexibility index (Phi) is 7.89. The van der Waals surface area contributed by atoms with Crippen molar-refractivity contribution in [2.45, 2.75) is 0 Å². The fourth-order valence-corrected chi connectivity index (χ4v) is 9.70. The van der Waals surface area contributed by atoms with Crippen molar-refractivity contribution in [2.24, 2.45) is 0 Å². The highest BCUT2D eigenvalue weighted by atomic mass is 15.0. The molecule has 0 aliphatic heterocycles. The van der Waals surface area contributed by atoms with Gasteiger partial charge in [-0.05, 0) is 104 Å². The lowest BCUT2D eigenvalue weighted by Crippen LogP contribution is -1.92. The van der Waals surface area contributed by atoms with E-state index in [9.17, 15) is 0 Å². The summed E-state index contributed by atoms with van der Waals surface area (Å²) in [6.07, 6.45) is 0. The summed E-state index contributed by atoms with van der Waals surface area (Å²) < 4.78 is 4.77. The molecule has 0 bridgehead atoms. The maximum atomic E-state index is 2.38. The van der Waals surface area contributed by atoms with Gasteiger partial charge in [0.2, 0.25) is 0 Å². The van der Waals surface area contributed by atoms with E-state index in [2.05, 4.69) is 240 Å². The fraction of sp³-hybridized carbons (Fsp3) is 0. The average molecular weight is 763 g/mol. The van der Waals surface area contributed by atoms with Crippen LogP contribution in [0.1, 0.15) is 0 Å². The van der Waals surface area contributed by atoms with E-state index in [4.69, 9.17) is 0 Å². The molecule has 0 radical (unpaired) electrons. The van der Waals surface area contributed by atoms with Crippen LogP contribution in [0, 0.1) is 0 Å². The summed E-state index contributed by atoms with van der Waals surface area (Å²) >= 11 is 0. The number of fused-ring (bicyclic) bond motifs is 7. The van der Waals surface area contributed by atoms with Gasteiger partial charge in [0.05, 0.1) is 22.1 Å². The van der Waals surface area contributed by atoms with Gasteiger partial charge in [0.15, 0.2) is 0 Å². The van der Waals surface area contributed by atoms with Crippen LogP contribution >= 0.6 is 0 Å². The van der Waals surface area contributed by atoms with Crippen LogP contribution in [0.3, 0.4) is 0 Å². The first-order chi connectivity index (χ1) is 29.8. The Labute approximate surface area is 348 Å². The molecule has 0 N–H and O–H groups in total. The standard InChI is InChI=1S/C58H38N2/c1-3-15-43(16-4-1)59-53-27-9-7-19-51(53)57-47(23-13-29-55(57)59)41-35-31-39(32-36-41)45-21-11-26-50-46(22-12-25-49(45)50)40-33-37-42(38-34-40)48-24-14-30-56-58(48)52-20-8-10-28-54(52)60(56)44-17-5-2-6-18-44/h1-38H. The lowest BCUT2D eigenvalue weighted by atomic mass is 9.91. The van der Waals surface area contributed by atoms with Gasteiger partial charge in [-0.25, -0.2) is 0 Å². The highest BCUT2D eigenvalue weighted by molar-refractivity contribution is 6.17. The monoisotopic (exact) mass is 762 g/mol. The third-order valence-electron chi connectivity index (χ3n) is 12.4. The normalized spacial score (nSPS) is 11.7. The molecule has 0 aliphatic rings. The molecule has 0 aliphatic carbocycles. The van der Waals surface area contributed by atoms with Crippen LogP contribution in [0.15, 0.2) is 231 Å². The topological polar surface area (TPSA) is 9.86 Å². The van der Waals surface area contributed by atoms with E-state index in [0.29, 0.717) is 0 Å². The zero-order valence-electron chi connectivity index (χ0n) is 32.8. The number of aromatic nitrogens is 2. The number of nitrogens with zero attached hydrogens (tertiary/aromatic N) is 2. The van der Waals surface area contributed by atoms with Crippen LogP contribution in [-0.2, 0) is 0 Å². The Morgan fingerprint density at radius 1 is 0.200 bits per heavy atom. The van der Waals surface area contributed by atoms with E-state index in [0.717, 1.165) is 0 Å². The SMILES string of the molecule is c1ccc(-n2c3ccccc3c3c(-c4ccc(-c5cccc6c(-c7ccc(-c8cccc9c8c8ccccc8n9-c8ccccc8)cc7)cccc56)cc4)cccc32)cc1. The molecule has 0 spiro atoms. The van der Waals surface area contributed by atoms with Crippen molar-refractivity contribution in [3.8, 4) is 55.9 Å². The Balaban J connectivity index is 0.913. The first-order valence-corrected chi connectivity index (χ1v) is 20.7. The van der Waals surface area contributed by atoms with Crippen LogP contribution in [0.2, 0.25) is 0 Å². The first kappa shape index (κ1) is 34.1. The smallest absolute Gasteiger partial charge is 0.0547 e. The van der Waals surface area contributed by atoms with Crippen molar-refractivity contribution in [2.75, 3.05) is 0 Å². The molecule has 0 atom stereocenters. The predicted molar refractivity (Wildman–Crippen MR) is 254 cm³/mol. The van der Waals surface area contributed by atoms with Gasteiger partial charge in [0, 0.05) is 32.9 Å². The minimum atomic E-state index is 1.17. The van der Waals surface area contributed by atoms with Gasteiger partial charge in [0.25, 0.3) is 0 Å². The third-order valence-corrected chi connectivity index (χ3v) is 12.4. The summed E-state index contributed by atoms with van der Waals surface area (Å²) in [6.45, 7) is 0. The second-order valence-corrected chi connectivity index (χ2v) is 15.6. The Morgan fingerprint density at radius 2 is 0.500 bits per heavy atom. The molecule has 0 unspecified atom stereocenters. The minimum Gasteiger partial charge on any atom is -0.309 e. The van der Waals surface area contributed by atoms with Crippen molar-refractivity contribution in [1.29, 1.82) is 0 Å². The summed E-state index contributed by atoms with van der Waals surface area (Å²) in [5.74, 6) is 0. The largest absolute Gasteiger partial charge is 0.309 e. The summed E-state index contributed by atoms with van der Waals surface area (Å²) in [6, 6.07) is 84.0. The predicted octanol–water partition coefficient (Wildman–Crippen LogP) is 15.7. The van der Waals surface area contributed by atoms with Crippen LogP contribution in [0.5, 0.6) is 0 Å². The Hall–Kier alpha value is -7.94. The van der Waals surface area contributed by atoms with E-state index in [-0.39, 0.29) is 0 Å². The molecule has 2 heterocycles. The number of para-hydroxylation sites is 4. The molecule has 2 aromatic heterocycles. The molecule has 0 amide bonds. The van der Waals surface area contributed by atoms with Crippen molar-refractivity contribution in [3.63, 3.8) is 0 Å². The van der Waals surface area contributed by atoms with Gasteiger partial charge >= 0.3 is 0 Å². The molecule has 280 valence electrons. The molecule has 0 saturated carbocycles. The van der Waals surface area contributed by atoms with Crippen LogP contribution in [0.4, 0.5) is 0 Å². The Morgan fingerprint density at radius 3 is 0.917 bits per heavy atom. The lowest BCUT2D eigenvalue weighted by Gasteiger charge is -2.13. The van der Waals surface area contributed by atoms with Crippen molar-refractivity contribution < 1.29 is 0 Å². The fourth-order valence-electron chi connectivity index (χ4n) is 9.70. The van der Waals surface area contributed by atoms with Crippen molar-refractivity contribution >= 4 is 54.4 Å². The number of benzene rings is 10. The van der Waals surface area contributed by atoms with Gasteiger partial charge in [-0.1, -0.05) is 182 Å². The molecule has 10 aromatic carbocycles. The number of hydrogen-bond donors (Lipinski definition) is 0. The van der Waals surface area contributed by atoms with Gasteiger partial charge in [0.1, 0.15) is 0 Å². The van der Waals surface area contributed by atoms with Gasteiger partial charge in [-0.15, -0.1) is 0 Å². The molecule has 0 fully saturated rings. The van der Waals surface area contributed by atoms with Crippen LogP contribution in [-0.4, -0.2) is 9.13 Å². The first-order valence-electron chi connectivity index (χ1n) is 20.7. The van der Waals surface area contributed by atoms with Gasteiger partial charge in [-0.2, -0.15) is 0 Å². The second-order valence-electron chi connectivity index (χ2n) is 15.6. The van der Waals surface area contributed by atoms with Crippen LogP contribution in [0.25, 0.3) is 110 Å². The summed E-state index contributed by atoms with van der Waals surface area (Å²) in [5, 5.41) is 7.58. The molecule has 2 nitrogen and oxygen atoms in total. The molecule has 12 rings (SSSR count). The summed E-state index contributed by atoms with van der Waals surface area (Å²) in [4.78, 5) is 0. The number of hydrogen-bond acceptors (Lipinski definition) is 0. The number of rotatable bonds is 6. The van der Waals surface area contributed by atoms with Crippen molar-refractivity contribution in [1.82, 2.24) is 9.13 Å². The van der Waals surface area contributed by atoms with Gasteiger partial charge in [-0.3, -0.25) is 0 Å². The highest BCUT2D eigenvalue weighted by Gasteiger charge is 2.18. The zero-order valence-corrected chi connectivity index (χ0v) is 32.8.